The van der Waals surface area contributed by atoms with Crippen molar-refractivity contribution in [3.8, 4) is 18.1 Å². The Morgan fingerprint density at radius 1 is 1.40 bits per heavy atom. The Bertz CT molecular complexity index is 524. The Kier molecular flexibility index (Phi) is 4.58. The van der Waals surface area contributed by atoms with Crippen LogP contribution < -0.4 is 15.4 Å². The van der Waals surface area contributed by atoms with Crippen molar-refractivity contribution in [2.45, 2.75) is 12.3 Å². The standard InChI is InChI=1S/C14H14N2O4/c1-2-8-19-14-12(13(18)16-14)15-11(17)9-20-10-6-4-3-5-7-10/h1,3-7,12,14H,8-9H2,(H,15,17)(H,16,18)/t12-,14-/m0/s1. The molecule has 0 spiro atoms. The van der Waals surface area contributed by atoms with Crippen LogP contribution in [0.25, 0.3) is 0 Å². The van der Waals surface area contributed by atoms with Gasteiger partial charge < -0.3 is 20.1 Å². The van der Waals surface area contributed by atoms with Gasteiger partial charge in [0, 0.05) is 0 Å². The molecule has 0 saturated carbocycles. The number of hydrogen-bond acceptors (Lipinski definition) is 4. The third-order valence-electron chi connectivity index (χ3n) is 2.65. The first-order chi connectivity index (χ1) is 9.70. The molecule has 0 aliphatic carbocycles. The van der Waals surface area contributed by atoms with Crippen LogP contribution in [-0.4, -0.2) is 37.3 Å². The predicted molar refractivity (Wildman–Crippen MR) is 70.6 cm³/mol. The van der Waals surface area contributed by atoms with Crippen molar-refractivity contribution in [1.29, 1.82) is 0 Å². The van der Waals surface area contributed by atoms with E-state index < -0.39 is 18.2 Å². The molecule has 1 aliphatic rings. The van der Waals surface area contributed by atoms with Gasteiger partial charge in [0.25, 0.3) is 5.91 Å². The molecule has 6 heteroatoms. The molecule has 2 atom stereocenters. The average Bonchev–Trinajstić information content (AvgIpc) is 2.48. The lowest BCUT2D eigenvalue weighted by molar-refractivity contribution is -0.149. The van der Waals surface area contributed by atoms with Gasteiger partial charge in [-0.1, -0.05) is 24.1 Å². The van der Waals surface area contributed by atoms with Gasteiger partial charge >= 0.3 is 0 Å². The van der Waals surface area contributed by atoms with Crippen LogP contribution in [0.4, 0.5) is 0 Å². The molecule has 1 aliphatic heterocycles. The number of hydrogen-bond donors (Lipinski definition) is 2. The van der Waals surface area contributed by atoms with Crippen LogP contribution in [0.1, 0.15) is 0 Å². The van der Waals surface area contributed by atoms with E-state index in [0.29, 0.717) is 5.75 Å². The van der Waals surface area contributed by atoms with E-state index >= 15 is 0 Å². The number of β-lactam (4-membered cyclic amide) rings is 1. The van der Waals surface area contributed by atoms with E-state index in [4.69, 9.17) is 15.9 Å². The molecule has 0 aromatic heterocycles. The van der Waals surface area contributed by atoms with E-state index in [9.17, 15) is 9.59 Å². The maximum Gasteiger partial charge on any atom is 0.258 e. The van der Waals surface area contributed by atoms with Crippen molar-refractivity contribution in [2.24, 2.45) is 0 Å². The molecule has 1 fully saturated rings. The summed E-state index contributed by atoms with van der Waals surface area (Å²) in [4.78, 5) is 23.0. The van der Waals surface area contributed by atoms with E-state index in [1.165, 1.54) is 0 Å². The van der Waals surface area contributed by atoms with Gasteiger partial charge in [-0.15, -0.1) is 6.42 Å². The highest BCUT2D eigenvalue weighted by atomic mass is 16.5. The summed E-state index contributed by atoms with van der Waals surface area (Å²) in [5.41, 5.74) is 0. The molecular formula is C14H14N2O4. The minimum atomic E-state index is -0.727. The summed E-state index contributed by atoms with van der Waals surface area (Å²) < 4.78 is 10.4. The molecule has 6 nitrogen and oxygen atoms in total. The number of carbonyl (C=O) groups is 2. The summed E-state index contributed by atoms with van der Waals surface area (Å²) in [7, 11) is 0. The molecule has 1 saturated heterocycles. The first kappa shape index (κ1) is 13.9. The molecule has 0 unspecified atom stereocenters. The van der Waals surface area contributed by atoms with Crippen molar-refractivity contribution in [1.82, 2.24) is 10.6 Å². The SMILES string of the molecule is C#CCO[C@@H]1NC(=O)[C@@H]1NC(=O)COc1ccccc1. The van der Waals surface area contributed by atoms with Gasteiger partial charge in [0.05, 0.1) is 0 Å². The van der Waals surface area contributed by atoms with Gasteiger partial charge in [-0.2, -0.15) is 0 Å². The third kappa shape index (κ3) is 3.49. The fourth-order valence-corrected chi connectivity index (χ4v) is 1.65. The van der Waals surface area contributed by atoms with Crippen molar-refractivity contribution < 1.29 is 19.1 Å². The molecule has 1 heterocycles. The Morgan fingerprint density at radius 3 is 2.80 bits per heavy atom. The minimum Gasteiger partial charge on any atom is -0.484 e. The van der Waals surface area contributed by atoms with Gasteiger partial charge in [0.1, 0.15) is 12.4 Å². The summed E-state index contributed by atoms with van der Waals surface area (Å²) in [6.45, 7) is -0.104. The van der Waals surface area contributed by atoms with Crippen LogP contribution in [0.3, 0.4) is 0 Å². The highest BCUT2D eigenvalue weighted by Crippen LogP contribution is 2.09. The zero-order chi connectivity index (χ0) is 14.4. The fourth-order valence-electron chi connectivity index (χ4n) is 1.65. The normalized spacial score (nSPS) is 20.2. The number of amides is 2. The second-order valence-electron chi connectivity index (χ2n) is 4.09. The molecule has 2 rings (SSSR count). The van der Waals surface area contributed by atoms with Gasteiger partial charge in [0.15, 0.2) is 18.9 Å². The smallest absolute Gasteiger partial charge is 0.258 e. The van der Waals surface area contributed by atoms with Gasteiger partial charge in [-0.05, 0) is 12.1 Å². The van der Waals surface area contributed by atoms with Crippen molar-refractivity contribution in [3.05, 3.63) is 30.3 Å². The Balaban J connectivity index is 1.76. The van der Waals surface area contributed by atoms with E-state index in [-0.39, 0.29) is 19.1 Å². The molecule has 0 radical (unpaired) electrons. The van der Waals surface area contributed by atoms with E-state index in [2.05, 4.69) is 16.6 Å². The number of rotatable bonds is 6. The van der Waals surface area contributed by atoms with Gasteiger partial charge in [-0.3, -0.25) is 9.59 Å². The molecule has 1 aromatic carbocycles. The first-order valence-electron chi connectivity index (χ1n) is 6.03. The Morgan fingerprint density at radius 2 is 2.15 bits per heavy atom. The van der Waals surface area contributed by atoms with Crippen molar-refractivity contribution in [2.75, 3.05) is 13.2 Å². The second-order valence-corrected chi connectivity index (χ2v) is 4.09. The number of benzene rings is 1. The minimum absolute atomic E-state index is 0.0673. The zero-order valence-electron chi connectivity index (χ0n) is 10.7. The number of nitrogens with one attached hydrogen (secondary N) is 2. The number of carbonyl (C=O) groups excluding carboxylic acids is 2. The summed E-state index contributed by atoms with van der Waals surface area (Å²) in [6.07, 6.45) is 4.47. The second kappa shape index (κ2) is 6.59. The van der Waals surface area contributed by atoms with Crippen LogP contribution >= 0.6 is 0 Å². The largest absolute Gasteiger partial charge is 0.484 e. The highest BCUT2D eigenvalue weighted by Gasteiger charge is 2.41. The quantitative estimate of drug-likeness (QED) is 0.549. The van der Waals surface area contributed by atoms with Gasteiger partial charge in [-0.25, -0.2) is 0 Å². The molecule has 0 bridgehead atoms. The highest BCUT2D eigenvalue weighted by molar-refractivity contribution is 5.93. The zero-order valence-corrected chi connectivity index (χ0v) is 10.7. The maximum atomic E-state index is 11.7. The van der Waals surface area contributed by atoms with E-state index in [0.717, 1.165) is 0 Å². The fraction of sp³-hybridized carbons (Fsp3) is 0.286. The van der Waals surface area contributed by atoms with Crippen molar-refractivity contribution >= 4 is 11.8 Å². The summed E-state index contributed by atoms with van der Waals surface area (Å²) in [6, 6.07) is 8.20. The van der Waals surface area contributed by atoms with E-state index in [1.54, 1.807) is 24.3 Å². The van der Waals surface area contributed by atoms with Crippen LogP contribution in [0.15, 0.2) is 30.3 Å². The summed E-state index contributed by atoms with van der Waals surface area (Å²) >= 11 is 0. The molecule has 2 amide bonds. The van der Waals surface area contributed by atoms with Gasteiger partial charge in [0.2, 0.25) is 5.91 Å². The van der Waals surface area contributed by atoms with Crippen LogP contribution in [0, 0.1) is 12.3 Å². The van der Waals surface area contributed by atoms with Crippen LogP contribution in [0.2, 0.25) is 0 Å². The summed E-state index contributed by atoms with van der Waals surface area (Å²) in [5.74, 6) is 2.17. The number of para-hydroxylation sites is 1. The molecule has 2 N–H and O–H groups in total. The molecule has 20 heavy (non-hydrogen) atoms. The van der Waals surface area contributed by atoms with Crippen LogP contribution in [-0.2, 0) is 14.3 Å². The lowest BCUT2D eigenvalue weighted by Gasteiger charge is -2.36. The summed E-state index contributed by atoms with van der Waals surface area (Å²) in [5, 5.41) is 5.02. The average molecular weight is 274 g/mol. The monoisotopic (exact) mass is 274 g/mol. The maximum absolute atomic E-state index is 11.7. The molecular weight excluding hydrogens is 260 g/mol. The first-order valence-corrected chi connectivity index (χ1v) is 6.03. The Labute approximate surface area is 116 Å². The van der Waals surface area contributed by atoms with Crippen molar-refractivity contribution in [3.63, 3.8) is 0 Å². The third-order valence-corrected chi connectivity index (χ3v) is 2.65. The van der Waals surface area contributed by atoms with E-state index in [1.807, 2.05) is 6.07 Å². The Hall–Kier alpha value is -2.52. The number of terminal acetylenes is 1. The molecule has 1 aromatic rings. The molecule has 104 valence electrons. The predicted octanol–water partition coefficient (Wildman–Crippen LogP) is -0.344. The van der Waals surface area contributed by atoms with Crippen LogP contribution in [0.5, 0.6) is 5.75 Å². The topological polar surface area (TPSA) is 76.7 Å². The lowest BCUT2D eigenvalue weighted by Crippen LogP contribution is -2.70. The number of ether oxygens (including phenoxy) is 2. The lowest BCUT2D eigenvalue weighted by atomic mass is 10.1.